The molecule has 0 radical (unpaired) electrons. The Morgan fingerprint density at radius 3 is 2.44 bits per heavy atom. The minimum absolute atomic E-state index is 0.00979. The molecule has 0 aromatic carbocycles. The Bertz CT molecular complexity index is 245. The maximum atomic E-state index is 11.6. The van der Waals surface area contributed by atoms with Crippen LogP contribution in [0.3, 0.4) is 0 Å². The van der Waals surface area contributed by atoms with Crippen molar-refractivity contribution in [3.8, 4) is 0 Å². The van der Waals surface area contributed by atoms with E-state index in [-0.39, 0.29) is 11.4 Å². The van der Waals surface area contributed by atoms with Gasteiger partial charge in [0.05, 0.1) is 0 Å². The number of urea groups is 1. The van der Waals surface area contributed by atoms with Crippen molar-refractivity contribution >= 4 is 6.03 Å². The molecule has 0 bridgehead atoms. The molecule has 2 rings (SSSR count). The molecule has 2 fully saturated rings. The van der Waals surface area contributed by atoms with E-state index in [1.54, 1.807) is 0 Å². The zero-order valence-corrected chi connectivity index (χ0v) is 9.93. The summed E-state index contributed by atoms with van der Waals surface area (Å²) in [7, 11) is 0. The fraction of sp³-hybridized carbons (Fsp3) is 0.917. The monoisotopic (exact) mass is 225 g/mol. The molecule has 0 saturated heterocycles. The van der Waals surface area contributed by atoms with Crippen molar-refractivity contribution in [3.05, 3.63) is 0 Å². The van der Waals surface area contributed by atoms with Crippen molar-refractivity contribution in [3.63, 3.8) is 0 Å². The van der Waals surface area contributed by atoms with E-state index in [4.69, 9.17) is 5.73 Å². The third kappa shape index (κ3) is 2.67. The Kier molecular flexibility index (Phi) is 3.69. The van der Waals surface area contributed by atoms with Gasteiger partial charge in [-0.15, -0.1) is 0 Å². The van der Waals surface area contributed by atoms with Crippen molar-refractivity contribution in [1.29, 1.82) is 0 Å². The van der Waals surface area contributed by atoms with Gasteiger partial charge in [0.1, 0.15) is 0 Å². The maximum absolute atomic E-state index is 11.6. The highest BCUT2D eigenvalue weighted by atomic mass is 16.2. The van der Waals surface area contributed by atoms with Crippen LogP contribution in [-0.2, 0) is 0 Å². The molecule has 0 unspecified atom stereocenters. The van der Waals surface area contributed by atoms with E-state index in [1.165, 1.54) is 19.3 Å². The second-order valence-corrected chi connectivity index (χ2v) is 5.37. The van der Waals surface area contributed by atoms with Gasteiger partial charge in [-0.1, -0.05) is 12.8 Å². The summed E-state index contributed by atoms with van der Waals surface area (Å²) >= 11 is 0. The van der Waals surface area contributed by atoms with Crippen LogP contribution in [0, 0.1) is 5.41 Å². The van der Waals surface area contributed by atoms with Gasteiger partial charge in [0.15, 0.2) is 0 Å². The molecule has 2 aliphatic rings. The van der Waals surface area contributed by atoms with Crippen LogP contribution in [0.15, 0.2) is 0 Å². The number of amides is 2. The summed E-state index contributed by atoms with van der Waals surface area (Å²) < 4.78 is 0. The Morgan fingerprint density at radius 1 is 1.25 bits per heavy atom. The fourth-order valence-corrected chi connectivity index (χ4v) is 2.63. The Balaban J connectivity index is 1.70. The van der Waals surface area contributed by atoms with Gasteiger partial charge in [0, 0.05) is 18.0 Å². The topological polar surface area (TPSA) is 67.1 Å². The maximum Gasteiger partial charge on any atom is 0.315 e. The van der Waals surface area contributed by atoms with E-state index in [1.807, 2.05) is 0 Å². The van der Waals surface area contributed by atoms with E-state index in [2.05, 4.69) is 10.6 Å². The van der Waals surface area contributed by atoms with E-state index >= 15 is 0 Å². The summed E-state index contributed by atoms with van der Waals surface area (Å²) in [5, 5.41) is 5.98. The van der Waals surface area contributed by atoms with E-state index < -0.39 is 0 Å². The number of carbonyl (C=O) groups excluding carboxylic acids is 1. The van der Waals surface area contributed by atoms with Crippen molar-refractivity contribution in [2.24, 2.45) is 11.1 Å². The first kappa shape index (κ1) is 11.7. The van der Waals surface area contributed by atoms with Crippen LogP contribution < -0.4 is 16.4 Å². The first-order chi connectivity index (χ1) is 7.74. The number of carbonyl (C=O) groups is 1. The van der Waals surface area contributed by atoms with Crippen molar-refractivity contribution in [1.82, 2.24) is 10.6 Å². The lowest BCUT2D eigenvalue weighted by Crippen LogP contribution is -2.49. The van der Waals surface area contributed by atoms with Crippen LogP contribution >= 0.6 is 0 Å². The lowest BCUT2D eigenvalue weighted by Gasteiger charge is -2.30. The molecule has 0 aromatic rings. The summed E-state index contributed by atoms with van der Waals surface area (Å²) in [5.74, 6) is 0. The van der Waals surface area contributed by atoms with Crippen LogP contribution in [0.5, 0.6) is 0 Å². The SMILES string of the molecule is NCC1(CNC(=O)NC2CCC2)CCCC1. The molecule has 2 aliphatic carbocycles. The summed E-state index contributed by atoms with van der Waals surface area (Å²) in [6.45, 7) is 1.43. The first-order valence-electron chi connectivity index (χ1n) is 6.49. The standard InChI is InChI=1S/C12H23N3O/c13-8-12(6-1-2-7-12)9-14-11(16)15-10-4-3-5-10/h10H,1-9,13H2,(H2,14,15,16). The Labute approximate surface area is 97.3 Å². The predicted molar refractivity (Wildman–Crippen MR) is 64.1 cm³/mol. The zero-order valence-electron chi connectivity index (χ0n) is 9.93. The van der Waals surface area contributed by atoms with Crippen LogP contribution in [-0.4, -0.2) is 25.2 Å². The van der Waals surface area contributed by atoms with Crippen LogP contribution in [0.1, 0.15) is 44.9 Å². The third-order valence-corrected chi connectivity index (χ3v) is 4.16. The van der Waals surface area contributed by atoms with Crippen LogP contribution in [0.2, 0.25) is 0 Å². The molecular weight excluding hydrogens is 202 g/mol. The predicted octanol–water partition coefficient (Wildman–Crippen LogP) is 1.36. The number of hydrogen-bond donors (Lipinski definition) is 3. The third-order valence-electron chi connectivity index (χ3n) is 4.16. The number of nitrogens with one attached hydrogen (secondary N) is 2. The average Bonchev–Trinajstić information content (AvgIpc) is 2.70. The van der Waals surface area contributed by atoms with Crippen LogP contribution in [0.4, 0.5) is 4.79 Å². The largest absolute Gasteiger partial charge is 0.338 e. The van der Waals surface area contributed by atoms with Crippen molar-refractivity contribution in [2.75, 3.05) is 13.1 Å². The molecule has 0 spiro atoms. The molecule has 0 heterocycles. The molecule has 0 aromatic heterocycles. The normalized spacial score (nSPS) is 23.8. The molecule has 0 atom stereocenters. The lowest BCUT2D eigenvalue weighted by atomic mass is 9.86. The minimum Gasteiger partial charge on any atom is -0.338 e. The average molecular weight is 225 g/mol. The first-order valence-corrected chi connectivity index (χ1v) is 6.49. The molecule has 16 heavy (non-hydrogen) atoms. The molecular formula is C12H23N3O. The van der Waals surface area contributed by atoms with Gasteiger partial charge in [0.2, 0.25) is 0 Å². The fourth-order valence-electron chi connectivity index (χ4n) is 2.63. The summed E-state index contributed by atoms with van der Waals surface area (Å²) in [5.41, 5.74) is 6.00. The van der Waals surface area contributed by atoms with E-state index in [0.29, 0.717) is 12.6 Å². The number of nitrogens with two attached hydrogens (primary N) is 1. The van der Waals surface area contributed by atoms with E-state index in [0.717, 1.165) is 32.2 Å². The summed E-state index contributed by atoms with van der Waals surface area (Å²) in [6.07, 6.45) is 8.34. The quantitative estimate of drug-likeness (QED) is 0.676. The summed E-state index contributed by atoms with van der Waals surface area (Å²) in [6, 6.07) is 0.404. The zero-order chi connectivity index (χ0) is 11.4. The van der Waals surface area contributed by atoms with Gasteiger partial charge in [-0.3, -0.25) is 0 Å². The highest BCUT2D eigenvalue weighted by Gasteiger charge is 2.32. The molecule has 4 nitrogen and oxygen atoms in total. The second-order valence-electron chi connectivity index (χ2n) is 5.37. The van der Waals surface area contributed by atoms with Gasteiger partial charge in [-0.25, -0.2) is 4.79 Å². The van der Waals surface area contributed by atoms with Gasteiger partial charge in [-0.2, -0.15) is 0 Å². The lowest BCUT2D eigenvalue weighted by molar-refractivity contribution is 0.218. The Morgan fingerprint density at radius 2 is 1.94 bits per heavy atom. The summed E-state index contributed by atoms with van der Waals surface area (Å²) in [4.78, 5) is 11.6. The van der Waals surface area contributed by atoms with Crippen molar-refractivity contribution < 1.29 is 4.79 Å². The molecule has 92 valence electrons. The molecule has 4 N–H and O–H groups in total. The molecule has 4 heteroatoms. The van der Waals surface area contributed by atoms with Gasteiger partial charge < -0.3 is 16.4 Å². The number of rotatable bonds is 4. The highest BCUT2D eigenvalue weighted by molar-refractivity contribution is 5.74. The van der Waals surface area contributed by atoms with Crippen molar-refractivity contribution in [2.45, 2.75) is 51.0 Å². The molecule has 2 amide bonds. The van der Waals surface area contributed by atoms with E-state index in [9.17, 15) is 4.79 Å². The molecule has 2 saturated carbocycles. The Hall–Kier alpha value is -0.770. The minimum atomic E-state index is -0.00979. The highest BCUT2D eigenvalue weighted by Crippen LogP contribution is 2.36. The second kappa shape index (κ2) is 5.04. The van der Waals surface area contributed by atoms with Gasteiger partial charge in [-0.05, 0) is 38.6 Å². The molecule has 0 aliphatic heterocycles. The van der Waals surface area contributed by atoms with Crippen LogP contribution in [0.25, 0.3) is 0 Å². The van der Waals surface area contributed by atoms with Gasteiger partial charge in [0.25, 0.3) is 0 Å². The smallest absolute Gasteiger partial charge is 0.315 e. The number of hydrogen-bond acceptors (Lipinski definition) is 2. The van der Waals surface area contributed by atoms with Gasteiger partial charge >= 0.3 is 6.03 Å².